The van der Waals surface area contributed by atoms with Gasteiger partial charge < -0.3 is 14.8 Å². The van der Waals surface area contributed by atoms with Crippen LogP contribution in [0.15, 0.2) is 36.4 Å². The monoisotopic (exact) mass is 421 g/mol. The molecule has 0 fully saturated rings. The Morgan fingerprint density at radius 2 is 1.72 bits per heavy atom. The predicted octanol–water partition coefficient (Wildman–Crippen LogP) is 2.57. The number of hydrogen-bond donors (Lipinski definition) is 1. The third-order valence-corrected chi connectivity index (χ3v) is 6.15. The summed E-state index contributed by atoms with van der Waals surface area (Å²) >= 11 is 0. The zero-order valence-electron chi connectivity index (χ0n) is 17.5. The first-order chi connectivity index (χ1) is 13.6. The zero-order chi connectivity index (χ0) is 21.8. The highest BCUT2D eigenvalue weighted by molar-refractivity contribution is 7.90. The standard InChI is InChI=1S/C20H27N3O5S/c1-14-7-8-15(2)18(11-14)23(29(25,26)22(3)4)13-20(24)21-17-10-9-16(27-5)12-19(17)28-6/h7-12H,13H2,1-6H3,(H,21,24). The van der Waals surface area contributed by atoms with Gasteiger partial charge in [0.1, 0.15) is 18.0 Å². The fraction of sp³-hybridized carbons (Fsp3) is 0.350. The summed E-state index contributed by atoms with van der Waals surface area (Å²) in [6.45, 7) is 3.28. The summed E-state index contributed by atoms with van der Waals surface area (Å²) in [5.74, 6) is 0.485. The molecule has 2 aromatic carbocycles. The van der Waals surface area contributed by atoms with E-state index in [4.69, 9.17) is 9.47 Å². The third-order valence-electron chi connectivity index (χ3n) is 4.34. The number of nitrogens with zero attached hydrogens (tertiary/aromatic N) is 2. The normalized spacial score (nSPS) is 11.3. The van der Waals surface area contributed by atoms with Crippen molar-refractivity contribution in [1.29, 1.82) is 0 Å². The number of aryl methyl sites for hydroxylation is 2. The first-order valence-electron chi connectivity index (χ1n) is 8.89. The van der Waals surface area contributed by atoms with Gasteiger partial charge in [-0.15, -0.1) is 0 Å². The van der Waals surface area contributed by atoms with E-state index < -0.39 is 16.1 Å². The molecule has 0 heterocycles. The van der Waals surface area contributed by atoms with E-state index in [0.717, 1.165) is 19.7 Å². The average molecular weight is 422 g/mol. The summed E-state index contributed by atoms with van der Waals surface area (Å²) in [4.78, 5) is 12.8. The van der Waals surface area contributed by atoms with Crippen molar-refractivity contribution in [3.8, 4) is 11.5 Å². The molecule has 2 aromatic rings. The van der Waals surface area contributed by atoms with Crippen molar-refractivity contribution < 1.29 is 22.7 Å². The van der Waals surface area contributed by atoms with E-state index in [0.29, 0.717) is 22.9 Å². The highest BCUT2D eigenvalue weighted by Crippen LogP contribution is 2.30. The van der Waals surface area contributed by atoms with Crippen LogP contribution in [0.1, 0.15) is 11.1 Å². The van der Waals surface area contributed by atoms with Crippen molar-refractivity contribution in [3.05, 3.63) is 47.5 Å². The second kappa shape index (κ2) is 9.15. The van der Waals surface area contributed by atoms with Crippen LogP contribution in [0.3, 0.4) is 0 Å². The van der Waals surface area contributed by atoms with Gasteiger partial charge in [-0.2, -0.15) is 12.7 Å². The van der Waals surface area contributed by atoms with E-state index in [2.05, 4.69) is 5.32 Å². The van der Waals surface area contributed by atoms with Gasteiger partial charge >= 0.3 is 10.2 Å². The summed E-state index contributed by atoms with van der Waals surface area (Å²) in [5.41, 5.74) is 2.51. The number of carbonyl (C=O) groups excluding carboxylic acids is 1. The molecule has 0 aliphatic carbocycles. The molecule has 0 atom stereocenters. The molecule has 29 heavy (non-hydrogen) atoms. The number of amides is 1. The van der Waals surface area contributed by atoms with Crippen molar-refractivity contribution in [3.63, 3.8) is 0 Å². The zero-order valence-corrected chi connectivity index (χ0v) is 18.3. The number of rotatable bonds is 8. The number of hydrogen-bond acceptors (Lipinski definition) is 5. The average Bonchev–Trinajstić information content (AvgIpc) is 2.68. The third kappa shape index (κ3) is 5.18. The minimum atomic E-state index is -3.89. The first-order valence-corrected chi connectivity index (χ1v) is 10.3. The number of ether oxygens (including phenoxy) is 2. The Kier molecular flexibility index (Phi) is 7.10. The molecule has 8 nitrogen and oxygen atoms in total. The Hall–Kier alpha value is -2.78. The van der Waals surface area contributed by atoms with Gasteiger partial charge in [-0.05, 0) is 43.2 Å². The molecule has 1 N–H and O–H groups in total. The molecule has 0 bridgehead atoms. The molecule has 0 aromatic heterocycles. The summed E-state index contributed by atoms with van der Waals surface area (Å²) < 4.78 is 38.4. The highest BCUT2D eigenvalue weighted by Gasteiger charge is 2.28. The summed E-state index contributed by atoms with van der Waals surface area (Å²) in [5, 5.41) is 2.71. The summed E-state index contributed by atoms with van der Waals surface area (Å²) in [6, 6.07) is 10.4. The SMILES string of the molecule is COc1ccc(NC(=O)CN(c2cc(C)ccc2C)S(=O)(=O)N(C)C)c(OC)c1. The molecule has 0 saturated heterocycles. The van der Waals surface area contributed by atoms with Crippen LogP contribution in [0.2, 0.25) is 0 Å². The van der Waals surface area contributed by atoms with Gasteiger partial charge in [0.15, 0.2) is 0 Å². The van der Waals surface area contributed by atoms with Crippen molar-refractivity contribution in [1.82, 2.24) is 4.31 Å². The van der Waals surface area contributed by atoms with Crippen LogP contribution in [-0.4, -0.2) is 53.5 Å². The highest BCUT2D eigenvalue weighted by atomic mass is 32.2. The van der Waals surface area contributed by atoms with Gasteiger partial charge in [0, 0.05) is 20.2 Å². The van der Waals surface area contributed by atoms with Crippen LogP contribution in [0, 0.1) is 13.8 Å². The van der Waals surface area contributed by atoms with E-state index >= 15 is 0 Å². The van der Waals surface area contributed by atoms with E-state index in [1.54, 1.807) is 31.2 Å². The molecule has 1 amide bonds. The molecule has 9 heteroatoms. The smallest absolute Gasteiger partial charge is 0.304 e. The number of carbonyl (C=O) groups is 1. The van der Waals surface area contributed by atoms with E-state index in [-0.39, 0.29) is 6.54 Å². The number of methoxy groups -OCH3 is 2. The largest absolute Gasteiger partial charge is 0.497 e. The van der Waals surface area contributed by atoms with Crippen molar-refractivity contribution in [2.24, 2.45) is 0 Å². The molecule has 2 rings (SSSR count). The van der Waals surface area contributed by atoms with Crippen LogP contribution < -0.4 is 19.1 Å². The van der Waals surface area contributed by atoms with Gasteiger partial charge in [0.2, 0.25) is 5.91 Å². The molecule has 0 unspecified atom stereocenters. The van der Waals surface area contributed by atoms with Gasteiger partial charge in [-0.1, -0.05) is 12.1 Å². The minimum Gasteiger partial charge on any atom is -0.497 e. The summed E-state index contributed by atoms with van der Waals surface area (Å²) in [6.07, 6.45) is 0. The Balaban J connectivity index is 2.37. The Morgan fingerprint density at radius 3 is 2.31 bits per heavy atom. The number of benzene rings is 2. The molecular formula is C20H27N3O5S. The van der Waals surface area contributed by atoms with Crippen LogP contribution in [0.25, 0.3) is 0 Å². The molecule has 0 aliphatic heterocycles. The lowest BCUT2D eigenvalue weighted by molar-refractivity contribution is -0.114. The lowest BCUT2D eigenvalue weighted by Crippen LogP contribution is -2.44. The molecule has 0 saturated carbocycles. The second-order valence-corrected chi connectivity index (χ2v) is 8.77. The lowest BCUT2D eigenvalue weighted by atomic mass is 10.1. The maximum Gasteiger partial charge on any atom is 0.304 e. The number of anilines is 2. The Morgan fingerprint density at radius 1 is 1.03 bits per heavy atom. The van der Waals surface area contributed by atoms with Crippen LogP contribution >= 0.6 is 0 Å². The molecular weight excluding hydrogens is 394 g/mol. The fourth-order valence-corrected chi connectivity index (χ4v) is 3.82. The summed E-state index contributed by atoms with van der Waals surface area (Å²) in [7, 11) is 1.97. The van der Waals surface area contributed by atoms with Crippen molar-refractivity contribution in [2.75, 3.05) is 44.5 Å². The van der Waals surface area contributed by atoms with Crippen LogP contribution in [0.5, 0.6) is 11.5 Å². The second-order valence-electron chi connectivity index (χ2n) is 6.70. The van der Waals surface area contributed by atoms with Crippen molar-refractivity contribution >= 4 is 27.5 Å². The van der Waals surface area contributed by atoms with Gasteiger partial charge in [0.25, 0.3) is 0 Å². The maximum atomic E-state index is 12.9. The first kappa shape index (κ1) is 22.5. The van der Waals surface area contributed by atoms with Crippen LogP contribution in [0.4, 0.5) is 11.4 Å². The van der Waals surface area contributed by atoms with E-state index in [1.165, 1.54) is 28.3 Å². The van der Waals surface area contributed by atoms with Crippen LogP contribution in [-0.2, 0) is 15.0 Å². The predicted molar refractivity (Wildman–Crippen MR) is 114 cm³/mol. The lowest BCUT2D eigenvalue weighted by Gasteiger charge is -2.28. The molecule has 0 spiro atoms. The molecule has 0 radical (unpaired) electrons. The van der Waals surface area contributed by atoms with E-state index in [9.17, 15) is 13.2 Å². The van der Waals surface area contributed by atoms with Gasteiger partial charge in [0.05, 0.1) is 25.6 Å². The van der Waals surface area contributed by atoms with E-state index in [1.807, 2.05) is 19.1 Å². The van der Waals surface area contributed by atoms with Gasteiger partial charge in [-0.3, -0.25) is 4.79 Å². The topological polar surface area (TPSA) is 88.2 Å². The quantitative estimate of drug-likeness (QED) is 0.708. The Labute approximate surface area is 172 Å². The minimum absolute atomic E-state index is 0.389. The molecule has 0 aliphatic rings. The fourth-order valence-electron chi connectivity index (χ4n) is 2.70. The number of nitrogens with one attached hydrogen (secondary N) is 1. The maximum absolute atomic E-state index is 12.9. The van der Waals surface area contributed by atoms with Gasteiger partial charge in [-0.25, -0.2) is 4.31 Å². The van der Waals surface area contributed by atoms with Crippen molar-refractivity contribution in [2.45, 2.75) is 13.8 Å². The Bertz CT molecular complexity index is 990. The molecule has 158 valence electrons.